The Morgan fingerprint density at radius 2 is 2.04 bits per heavy atom. The highest BCUT2D eigenvalue weighted by atomic mass is 32.1. The lowest BCUT2D eigenvalue weighted by atomic mass is 10.2. The predicted octanol–water partition coefficient (Wildman–Crippen LogP) is 4.36. The van der Waals surface area contributed by atoms with E-state index in [-0.39, 0.29) is 5.75 Å². The summed E-state index contributed by atoms with van der Waals surface area (Å²) in [7, 11) is 0. The summed E-state index contributed by atoms with van der Waals surface area (Å²) < 4.78 is 29.3. The number of fused-ring (bicyclic) bond motifs is 1. The van der Waals surface area contributed by atoms with Crippen molar-refractivity contribution in [2.75, 3.05) is 5.43 Å². The van der Waals surface area contributed by atoms with Crippen LogP contribution < -0.4 is 10.2 Å². The molecular weight excluding hydrogens is 334 g/mol. The molecule has 0 unspecified atom stereocenters. The SMILES string of the molecule is Cc1sc2ncnc(N/N=C/c3ccccc3OC(F)F)c2c1C. The fourth-order valence-electron chi connectivity index (χ4n) is 2.22. The maximum Gasteiger partial charge on any atom is 0.387 e. The van der Waals surface area contributed by atoms with Gasteiger partial charge in [0.25, 0.3) is 0 Å². The van der Waals surface area contributed by atoms with E-state index in [0.717, 1.165) is 20.7 Å². The first-order chi connectivity index (χ1) is 11.6. The van der Waals surface area contributed by atoms with Crippen LogP contribution in [0.2, 0.25) is 0 Å². The van der Waals surface area contributed by atoms with Gasteiger partial charge in [0.05, 0.1) is 11.6 Å². The van der Waals surface area contributed by atoms with E-state index in [4.69, 9.17) is 0 Å². The molecular formula is C16H14F2N4OS. The largest absolute Gasteiger partial charge is 0.434 e. The lowest BCUT2D eigenvalue weighted by Crippen LogP contribution is -2.04. The summed E-state index contributed by atoms with van der Waals surface area (Å²) in [4.78, 5) is 10.5. The van der Waals surface area contributed by atoms with Gasteiger partial charge >= 0.3 is 6.61 Å². The molecule has 3 aromatic rings. The number of hydrogen-bond donors (Lipinski definition) is 1. The van der Waals surface area contributed by atoms with Gasteiger partial charge in [-0.2, -0.15) is 13.9 Å². The monoisotopic (exact) mass is 348 g/mol. The number of thiophene rings is 1. The first-order valence-electron chi connectivity index (χ1n) is 7.10. The molecule has 2 aromatic heterocycles. The van der Waals surface area contributed by atoms with Crippen LogP contribution in [0.15, 0.2) is 35.7 Å². The van der Waals surface area contributed by atoms with Gasteiger partial charge in [0.15, 0.2) is 5.82 Å². The number of rotatable bonds is 5. The van der Waals surface area contributed by atoms with Crippen molar-refractivity contribution in [3.05, 3.63) is 46.6 Å². The van der Waals surface area contributed by atoms with E-state index in [1.807, 2.05) is 13.8 Å². The molecule has 0 bridgehead atoms. The minimum absolute atomic E-state index is 0.0634. The minimum Gasteiger partial charge on any atom is -0.434 e. The first-order valence-corrected chi connectivity index (χ1v) is 7.91. The Balaban J connectivity index is 1.85. The number of anilines is 1. The van der Waals surface area contributed by atoms with Gasteiger partial charge in [0.2, 0.25) is 0 Å². The highest BCUT2D eigenvalue weighted by Crippen LogP contribution is 2.32. The smallest absolute Gasteiger partial charge is 0.387 e. The summed E-state index contributed by atoms with van der Waals surface area (Å²) in [6, 6.07) is 6.43. The van der Waals surface area contributed by atoms with Crippen LogP contribution in [0.1, 0.15) is 16.0 Å². The number of benzene rings is 1. The van der Waals surface area contributed by atoms with Crippen LogP contribution in [0.4, 0.5) is 14.6 Å². The third-order valence-corrected chi connectivity index (χ3v) is 4.59. The molecule has 2 heterocycles. The van der Waals surface area contributed by atoms with Gasteiger partial charge in [-0.25, -0.2) is 9.97 Å². The second kappa shape index (κ2) is 6.88. The van der Waals surface area contributed by atoms with Crippen molar-refractivity contribution < 1.29 is 13.5 Å². The van der Waals surface area contributed by atoms with E-state index in [2.05, 4.69) is 25.2 Å². The summed E-state index contributed by atoms with van der Waals surface area (Å²) in [6.07, 6.45) is 2.88. The molecule has 0 aliphatic carbocycles. The number of alkyl halides is 2. The number of nitrogens with one attached hydrogen (secondary N) is 1. The van der Waals surface area contributed by atoms with E-state index >= 15 is 0 Å². The highest BCUT2D eigenvalue weighted by molar-refractivity contribution is 7.18. The molecule has 124 valence electrons. The van der Waals surface area contributed by atoms with Gasteiger partial charge in [-0.3, -0.25) is 5.43 Å². The molecule has 1 N–H and O–H groups in total. The molecule has 0 aliphatic heterocycles. The Labute approximate surface area is 141 Å². The van der Waals surface area contributed by atoms with Crippen LogP contribution in [0.5, 0.6) is 5.75 Å². The van der Waals surface area contributed by atoms with Crippen molar-refractivity contribution in [3.8, 4) is 5.75 Å². The lowest BCUT2D eigenvalue weighted by molar-refractivity contribution is -0.0499. The number of aryl methyl sites for hydroxylation is 2. The summed E-state index contributed by atoms with van der Waals surface area (Å²) in [5.41, 5.74) is 4.38. The summed E-state index contributed by atoms with van der Waals surface area (Å²) in [5, 5.41) is 5.01. The van der Waals surface area contributed by atoms with E-state index in [1.165, 1.54) is 18.6 Å². The Morgan fingerprint density at radius 1 is 1.25 bits per heavy atom. The van der Waals surface area contributed by atoms with Crippen molar-refractivity contribution in [3.63, 3.8) is 0 Å². The topological polar surface area (TPSA) is 59.4 Å². The number of ether oxygens (including phenoxy) is 1. The minimum atomic E-state index is -2.88. The second-order valence-electron chi connectivity index (χ2n) is 4.97. The van der Waals surface area contributed by atoms with Crippen molar-refractivity contribution in [1.82, 2.24) is 9.97 Å². The lowest BCUT2D eigenvalue weighted by Gasteiger charge is -2.07. The maximum absolute atomic E-state index is 12.4. The zero-order chi connectivity index (χ0) is 17.1. The third kappa shape index (κ3) is 3.33. The van der Waals surface area contributed by atoms with Crippen LogP contribution in [0.25, 0.3) is 10.2 Å². The van der Waals surface area contributed by atoms with Crippen LogP contribution in [-0.4, -0.2) is 22.8 Å². The molecule has 0 saturated carbocycles. The first kappa shape index (κ1) is 16.3. The molecule has 1 aromatic carbocycles. The number of para-hydroxylation sites is 1. The number of aromatic nitrogens is 2. The maximum atomic E-state index is 12.4. The molecule has 5 nitrogen and oxygen atoms in total. The Bertz CT molecular complexity index is 895. The van der Waals surface area contributed by atoms with Crippen LogP contribution in [0.3, 0.4) is 0 Å². The summed E-state index contributed by atoms with van der Waals surface area (Å²) in [6.45, 7) is 1.13. The Hall–Kier alpha value is -2.61. The van der Waals surface area contributed by atoms with Gasteiger partial charge < -0.3 is 4.74 Å². The zero-order valence-corrected chi connectivity index (χ0v) is 13.8. The number of hydrogen-bond acceptors (Lipinski definition) is 6. The molecule has 0 atom stereocenters. The number of hydrazone groups is 1. The molecule has 3 rings (SSSR count). The zero-order valence-electron chi connectivity index (χ0n) is 13.0. The summed E-state index contributed by atoms with van der Waals surface area (Å²) >= 11 is 1.59. The second-order valence-corrected chi connectivity index (χ2v) is 6.18. The Kier molecular flexibility index (Phi) is 4.66. The van der Waals surface area contributed by atoms with Crippen molar-refractivity contribution in [2.24, 2.45) is 5.10 Å². The van der Waals surface area contributed by atoms with Crippen LogP contribution in [-0.2, 0) is 0 Å². The molecule has 0 amide bonds. The normalized spacial score (nSPS) is 11.5. The van der Waals surface area contributed by atoms with Crippen molar-refractivity contribution >= 4 is 33.6 Å². The molecule has 24 heavy (non-hydrogen) atoms. The molecule has 0 aliphatic rings. The van der Waals surface area contributed by atoms with Crippen LogP contribution in [0, 0.1) is 13.8 Å². The average molecular weight is 348 g/mol. The van der Waals surface area contributed by atoms with Gasteiger partial charge in [-0.1, -0.05) is 12.1 Å². The standard InChI is InChI=1S/C16H14F2N4OS/c1-9-10(2)24-15-13(9)14(19-8-20-15)22-21-7-11-5-3-4-6-12(11)23-16(17)18/h3-8,16H,1-2H3,(H,19,20,22)/b21-7+. The summed E-state index contributed by atoms with van der Waals surface area (Å²) in [5.74, 6) is 0.638. The molecule has 0 fully saturated rings. The molecule has 0 radical (unpaired) electrons. The third-order valence-electron chi connectivity index (χ3n) is 3.47. The average Bonchev–Trinajstić information content (AvgIpc) is 2.84. The van der Waals surface area contributed by atoms with E-state index in [1.54, 1.807) is 29.5 Å². The van der Waals surface area contributed by atoms with Gasteiger partial charge in [0.1, 0.15) is 16.9 Å². The molecule has 8 heteroatoms. The molecule has 0 spiro atoms. The highest BCUT2D eigenvalue weighted by Gasteiger charge is 2.11. The van der Waals surface area contributed by atoms with Crippen LogP contribution >= 0.6 is 11.3 Å². The quantitative estimate of drug-likeness (QED) is 0.550. The van der Waals surface area contributed by atoms with Crippen molar-refractivity contribution in [2.45, 2.75) is 20.5 Å². The number of nitrogens with zero attached hydrogens (tertiary/aromatic N) is 3. The fourth-order valence-corrected chi connectivity index (χ4v) is 3.22. The van der Waals surface area contributed by atoms with Gasteiger partial charge in [-0.05, 0) is 31.5 Å². The molecule has 0 saturated heterocycles. The van der Waals surface area contributed by atoms with Gasteiger partial charge in [0, 0.05) is 10.4 Å². The van der Waals surface area contributed by atoms with E-state index in [9.17, 15) is 8.78 Å². The number of halogens is 2. The fraction of sp³-hybridized carbons (Fsp3) is 0.188. The predicted molar refractivity (Wildman–Crippen MR) is 91.2 cm³/mol. The van der Waals surface area contributed by atoms with E-state index < -0.39 is 6.61 Å². The van der Waals surface area contributed by atoms with E-state index in [0.29, 0.717) is 11.4 Å². The van der Waals surface area contributed by atoms with Gasteiger partial charge in [-0.15, -0.1) is 11.3 Å². The Morgan fingerprint density at radius 3 is 2.83 bits per heavy atom. The van der Waals surface area contributed by atoms with Crippen molar-refractivity contribution in [1.29, 1.82) is 0 Å².